The maximum atomic E-state index is 12.1. The molecule has 364 valence electrons. The Morgan fingerprint density at radius 3 is 1.29 bits per heavy atom. The van der Waals surface area contributed by atoms with Gasteiger partial charge >= 0.3 is 36.4 Å². The molecule has 0 aromatic heterocycles. The van der Waals surface area contributed by atoms with Crippen LogP contribution in [0.25, 0.3) is 0 Å². The summed E-state index contributed by atoms with van der Waals surface area (Å²) < 4.78 is 45.4. The van der Waals surface area contributed by atoms with Crippen LogP contribution in [-0.2, 0) is 61.8 Å². The van der Waals surface area contributed by atoms with E-state index in [1.807, 2.05) is 6.92 Å². The van der Waals surface area contributed by atoms with Gasteiger partial charge in [-0.25, -0.2) is 28.8 Å². The molecule has 66 heavy (non-hydrogen) atoms. The summed E-state index contributed by atoms with van der Waals surface area (Å²) in [4.78, 5) is 81.3. The van der Waals surface area contributed by atoms with Gasteiger partial charge in [0.15, 0.2) is 0 Å². The van der Waals surface area contributed by atoms with Crippen molar-refractivity contribution in [2.45, 2.75) is 153 Å². The first kappa shape index (κ1) is 49.0. The van der Waals surface area contributed by atoms with Gasteiger partial charge in [0.25, 0.3) is 0 Å². The second-order valence-electron chi connectivity index (χ2n) is 21.3. The van der Waals surface area contributed by atoms with Crippen LogP contribution in [0.3, 0.4) is 0 Å². The van der Waals surface area contributed by atoms with Gasteiger partial charge in [0.05, 0.1) is 5.60 Å². The highest BCUT2D eigenvalue weighted by Crippen LogP contribution is 2.61. The molecule has 4 atom stereocenters. The standard InChI is InChI=1S/C17H24O5.C16H22O6.C16H20O6/c1-10(2)15(18)20-9-21-16(19)22-17(3)13-5-11-4-12(7-13)8-14(17)6-11;1-10(2)13(17)20-9-21-14(18)22-16-6-11-3-12(7-16)5-15(19,4-11)8-16;1-9(2)14(18)20-8-21-15(19)22-16-5-10-3-11(6-16)13(17)12(4-10)7-16/h11-14H,1,4-9H2,2-3H3;11-12,19H,1,3-9H2,2H3;10-12H,1,3-8H2,2H3. The van der Waals surface area contributed by atoms with Crippen LogP contribution in [0.2, 0.25) is 0 Å². The molecule has 12 rings (SSSR count). The Balaban J connectivity index is 0.000000147. The summed E-state index contributed by atoms with van der Waals surface area (Å²) in [5.74, 6) is 2.38. The number of hydrogen-bond acceptors (Lipinski definition) is 17. The molecule has 12 fully saturated rings. The van der Waals surface area contributed by atoms with Gasteiger partial charge in [-0.3, -0.25) is 4.79 Å². The summed E-state index contributed by atoms with van der Waals surface area (Å²) in [6.45, 7) is 15.5. The summed E-state index contributed by atoms with van der Waals surface area (Å²) in [5, 5.41) is 10.6. The van der Waals surface area contributed by atoms with E-state index in [1.54, 1.807) is 0 Å². The van der Waals surface area contributed by atoms with Crippen LogP contribution in [0.15, 0.2) is 36.5 Å². The van der Waals surface area contributed by atoms with E-state index in [0.29, 0.717) is 54.6 Å². The Morgan fingerprint density at radius 1 is 0.500 bits per heavy atom. The van der Waals surface area contributed by atoms with Gasteiger partial charge in [-0.1, -0.05) is 19.7 Å². The van der Waals surface area contributed by atoms with Crippen molar-refractivity contribution in [2.75, 3.05) is 20.4 Å². The molecule has 12 aliphatic carbocycles. The van der Waals surface area contributed by atoms with Crippen molar-refractivity contribution in [3.63, 3.8) is 0 Å². The summed E-state index contributed by atoms with van der Waals surface area (Å²) in [7, 11) is 0. The molecule has 0 radical (unpaired) electrons. The summed E-state index contributed by atoms with van der Waals surface area (Å²) in [6.07, 6.45) is 12.1. The van der Waals surface area contributed by atoms with Crippen molar-refractivity contribution < 1.29 is 81.3 Å². The first-order chi connectivity index (χ1) is 31.1. The lowest BCUT2D eigenvalue weighted by atomic mass is 9.50. The number of carbonyl (C=O) groups is 7. The van der Waals surface area contributed by atoms with Crippen LogP contribution >= 0.6 is 0 Å². The van der Waals surface area contributed by atoms with E-state index in [0.717, 1.165) is 88.9 Å². The van der Waals surface area contributed by atoms with Gasteiger partial charge in [-0.05, 0) is 165 Å². The number of aliphatic hydroxyl groups is 1. The number of ketones is 1. The molecule has 0 spiro atoms. The van der Waals surface area contributed by atoms with Crippen molar-refractivity contribution in [3.05, 3.63) is 36.5 Å². The Labute approximate surface area is 385 Å². The first-order valence-electron chi connectivity index (χ1n) is 23.4. The Kier molecular flexibility index (Phi) is 14.4. The molecule has 0 aliphatic heterocycles. The van der Waals surface area contributed by atoms with E-state index in [-0.39, 0.29) is 28.6 Å². The highest BCUT2D eigenvalue weighted by Gasteiger charge is 2.60. The topological polar surface area (TPSA) is 223 Å². The number of hydrogen-bond donors (Lipinski definition) is 1. The fourth-order valence-corrected chi connectivity index (χ4v) is 13.7. The predicted molar refractivity (Wildman–Crippen MR) is 229 cm³/mol. The van der Waals surface area contributed by atoms with E-state index < -0.39 is 79.2 Å². The lowest BCUT2D eigenvalue weighted by Crippen LogP contribution is -2.60. The smallest absolute Gasteiger partial charge is 0.428 e. The zero-order valence-corrected chi connectivity index (χ0v) is 38.7. The average Bonchev–Trinajstić information content (AvgIpc) is 3.20. The SMILES string of the molecule is C=C(C)C(=O)OCOC(=O)OC1(C)C2CC3CC(C2)CC1C3.C=C(C)C(=O)OCOC(=O)OC12CC3CC(C1)C(=O)C(C3)C2.C=C(C)C(=O)OCOC(=O)OC12CC3CC(CC(O)(C3)C1)C2. The molecule has 12 aliphatic rings. The van der Waals surface area contributed by atoms with Crippen molar-refractivity contribution >= 4 is 42.2 Å². The van der Waals surface area contributed by atoms with Crippen LogP contribution in [0.1, 0.15) is 130 Å². The fourth-order valence-electron chi connectivity index (χ4n) is 13.7. The lowest BCUT2D eigenvalue weighted by molar-refractivity contribution is -0.207. The van der Waals surface area contributed by atoms with Crippen LogP contribution in [0.4, 0.5) is 14.4 Å². The molecule has 0 amide bonds. The minimum absolute atomic E-state index is 0.0280. The van der Waals surface area contributed by atoms with Gasteiger partial charge in [-0.15, -0.1) is 0 Å². The normalized spacial score (nSPS) is 37.3. The monoisotopic (exact) mass is 926 g/mol. The molecule has 17 heteroatoms. The van der Waals surface area contributed by atoms with Crippen molar-refractivity contribution in [2.24, 2.45) is 53.3 Å². The van der Waals surface area contributed by atoms with E-state index in [9.17, 15) is 38.7 Å². The van der Waals surface area contributed by atoms with Gasteiger partial charge < -0.3 is 47.7 Å². The van der Waals surface area contributed by atoms with Gasteiger partial charge in [0.2, 0.25) is 20.4 Å². The third-order valence-corrected chi connectivity index (χ3v) is 15.7. The highest BCUT2D eigenvalue weighted by atomic mass is 16.8. The molecule has 0 aromatic rings. The summed E-state index contributed by atoms with van der Waals surface area (Å²) >= 11 is 0. The van der Waals surface area contributed by atoms with Crippen molar-refractivity contribution in [1.82, 2.24) is 0 Å². The third-order valence-electron chi connectivity index (χ3n) is 15.7. The number of carbonyl (C=O) groups excluding carboxylic acids is 7. The largest absolute Gasteiger partial charge is 0.511 e. The first-order valence-corrected chi connectivity index (χ1v) is 23.4. The molecule has 0 saturated heterocycles. The average molecular weight is 927 g/mol. The van der Waals surface area contributed by atoms with Crippen LogP contribution in [0.5, 0.6) is 0 Å². The van der Waals surface area contributed by atoms with Crippen molar-refractivity contribution in [3.8, 4) is 0 Å². The van der Waals surface area contributed by atoms with Crippen LogP contribution in [0, 0.1) is 53.3 Å². The minimum Gasteiger partial charge on any atom is -0.428 e. The van der Waals surface area contributed by atoms with E-state index in [1.165, 1.54) is 27.2 Å². The number of Topliss-reactive ketones (excluding diaryl/α,β-unsaturated/α-hetero) is 1. The number of rotatable bonds is 12. The summed E-state index contributed by atoms with van der Waals surface area (Å²) in [6, 6.07) is 0. The zero-order chi connectivity index (χ0) is 47.8. The third kappa shape index (κ3) is 11.2. The van der Waals surface area contributed by atoms with E-state index in [4.69, 9.17) is 42.6 Å². The molecular formula is C49H66O17. The fraction of sp³-hybridized carbons (Fsp3) is 0.735. The minimum atomic E-state index is -0.847. The van der Waals surface area contributed by atoms with Crippen molar-refractivity contribution in [1.29, 1.82) is 0 Å². The molecule has 0 heterocycles. The maximum Gasteiger partial charge on any atom is 0.511 e. The second kappa shape index (κ2) is 19.4. The molecule has 1 N–H and O–H groups in total. The molecule has 17 nitrogen and oxygen atoms in total. The van der Waals surface area contributed by atoms with Gasteiger partial charge in [0, 0.05) is 35.0 Å². The molecule has 0 aromatic carbocycles. The molecule has 4 unspecified atom stereocenters. The maximum absolute atomic E-state index is 12.1. The number of esters is 3. The van der Waals surface area contributed by atoms with Gasteiger partial charge in [0.1, 0.15) is 22.6 Å². The number of ether oxygens (including phenoxy) is 9. The highest BCUT2D eigenvalue weighted by molar-refractivity contribution is 5.88. The van der Waals surface area contributed by atoms with Crippen LogP contribution < -0.4 is 0 Å². The zero-order valence-electron chi connectivity index (χ0n) is 38.7. The predicted octanol–water partition coefficient (Wildman–Crippen LogP) is 8.10. The van der Waals surface area contributed by atoms with E-state index >= 15 is 0 Å². The van der Waals surface area contributed by atoms with Gasteiger partial charge in [-0.2, -0.15) is 0 Å². The Morgan fingerprint density at radius 2 is 0.879 bits per heavy atom. The molecule has 12 saturated carbocycles. The Hall–Kier alpha value is -4.93. The lowest BCUT2D eigenvalue weighted by Gasteiger charge is -2.58. The quantitative estimate of drug-likeness (QED) is 0.0845. The molecular weight excluding hydrogens is 861 g/mol. The second-order valence-corrected chi connectivity index (χ2v) is 21.3. The molecule has 12 bridgehead atoms. The van der Waals surface area contributed by atoms with E-state index in [2.05, 4.69) is 19.7 Å². The van der Waals surface area contributed by atoms with Crippen LogP contribution in [-0.4, -0.2) is 90.0 Å². The Bertz CT molecular complexity index is 1920. The summed E-state index contributed by atoms with van der Waals surface area (Å²) in [5.41, 5.74) is -1.57.